The average molecular weight is 412 g/mol. The Balaban J connectivity index is 1.46. The number of carbonyl (C=O) groups excluding carboxylic acids is 2. The van der Waals surface area contributed by atoms with E-state index in [1.165, 1.54) is 23.8 Å². The molecule has 0 aromatic carbocycles. The molecule has 8 heteroatoms. The number of nitrogens with one attached hydrogen (secondary N) is 1. The number of aryl methyl sites for hydroxylation is 1. The fourth-order valence-corrected chi connectivity index (χ4v) is 4.47. The van der Waals surface area contributed by atoms with Gasteiger partial charge in [0.25, 0.3) is 5.91 Å². The summed E-state index contributed by atoms with van der Waals surface area (Å²) in [5.41, 5.74) is 2.86. The summed E-state index contributed by atoms with van der Waals surface area (Å²) >= 11 is 1.55. The van der Waals surface area contributed by atoms with E-state index in [1.807, 2.05) is 26.2 Å². The van der Waals surface area contributed by atoms with Crippen LogP contribution in [0.4, 0.5) is 5.13 Å². The van der Waals surface area contributed by atoms with E-state index in [2.05, 4.69) is 28.1 Å². The summed E-state index contributed by atoms with van der Waals surface area (Å²) in [6.07, 6.45) is 10.5. The molecule has 1 aliphatic carbocycles. The monoisotopic (exact) mass is 411 g/mol. The van der Waals surface area contributed by atoms with Gasteiger partial charge in [-0.1, -0.05) is 12.7 Å². The summed E-state index contributed by atoms with van der Waals surface area (Å²) in [4.78, 5) is 32.0. The van der Waals surface area contributed by atoms with Gasteiger partial charge in [-0.05, 0) is 50.7 Å². The largest absolute Gasteiger partial charge is 0.335 e. The molecule has 1 atom stereocenters. The van der Waals surface area contributed by atoms with E-state index in [0.29, 0.717) is 24.1 Å². The number of nitrogens with zero attached hydrogens (tertiary/aromatic N) is 4. The van der Waals surface area contributed by atoms with Crippen LogP contribution in [0.1, 0.15) is 54.3 Å². The predicted molar refractivity (Wildman–Crippen MR) is 114 cm³/mol. The lowest BCUT2D eigenvalue weighted by atomic mass is 10.0. The Labute approximate surface area is 174 Å². The van der Waals surface area contributed by atoms with E-state index >= 15 is 0 Å². The summed E-state index contributed by atoms with van der Waals surface area (Å²) in [6.45, 7) is 8.54. The average Bonchev–Trinajstić information content (AvgIpc) is 3.36. The molecule has 1 saturated carbocycles. The van der Waals surface area contributed by atoms with Crippen LogP contribution < -0.4 is 5.32 Å². The van der Waals surface area contributed by atoms with Gasteiger partial charge in [0.2, 0.25) is 5.91 Å². The van der Waals surface area contributed by atoms with Gasteiger partial charge < -0.3 is 10.2 Å². The molecule has 1 unspecified atom stereocenters. The fourth-order valence-electron chi connectivity index (χ4n) is 3.48. The van der Waals surface area contributed by atoms with E-state index in [1.54, 1.807) is 20.9 Å². The Kier molecular flexibility index (Phi) is 5.36. The molecule has 2 aliphatic rings. The van der Waals surface area contributed by atoms with Gasteiger partial charge in [0.05, 0.1) is 5.69 Å². The quantitative estimate of drug-likeness (QED) is 0.738. The Morgan fingerprint density at radius 1 is 1.41 bits per heavy atom. The van der Waals surface area contributed by atoms with Crippen molar-refractivity contribution in [3.63, 3.8) is 0 Å². The van der Waals surface area contributed by atoms with Crippen molar-refractivity contribution < 1.29 is 9.59 Å². The van der Waals surface area contributed by atoms with Crippen molar-refractivity contribution in [2.75, 3.05) is 18.4 Å². The number of hydrogen-bond donors (Lipinski definition) is 1. The second-order valence-electron chi connectivity index (χ2n) is 7.60. The molecule has 7 nitrogen and oxygen atoms in total. The molecule has 2 aromatic heterocycles. The number of hydrogen-bond acceptors (Lipinski definition) is 5. The SMILES string of the molecule is C=CC(=O)N1CCC=C(c2cn(C(C)C(=O)Nc3ncc(C4CC4)s3)nc2C)C1. The number of rotatable bonds is 6. The van der Waals surface area contributed by atoms with Crippen LogP contribution >= 0.6 is 11.3 Å². The van der Waals surface area contributed by atoms with Gasteiger partial charge in [-0.15, -0.1) is 11.3 Å². The molecule has 0 bridgehead atoms. The molecule has 0 saturated heterocycles. The van der Waals surface area contributed by atoms with Crippen LogP contribution in [0.25, 0.3) is 5.57 Å². The highest BCUT2D eigenvalue weighted by Crippen LogP contribution is 2.43. The molecule has 1 aliphatic heterocycles. The zero-order valence-corrected chi connectivity index (χ0v) is 17.5. The predicted octanol–water partition coefficient (Wildman–Crippen LogP) is 3.53. The van der Waals surface area contributed by atoms with Crippen molar-refractivity contribution in [1.29, 1.82) is 0 Å². The molecule has 1 fully saturated rings. The van der Waals surface area contributed by atoms with Crippen LogP contribution in [0, 0.1) is 6.92 Å². The molecule has 0 radical (unpaired) electrons. The Bertz CT molecular complexity index is 985. The van der Waals surface area contributed by atoms with Crippen LogP contribution in [0.2, 0.25) is 0 Å². The van der Waals surface area contributed by atoms with E-state index in [0.717, 1.165) is 23.3 Å². The summed E-state index contributed by atoms with van der Waals surface area (Å²) in [7, 11) is 0. The highest BCUT2D eigenvalue weighted by atomic mass is 32.1. The zero-order chi connectivity index (χ0) is 20.5. The molecular formula is C21H25N5O2S. The summed E-state index contributed by atoms with van der Waals surface area (Å²) in [5, 5.41) is 8.11. The van der Waals surface area contributed by atoms with Crippen LogP contribution in [0.5, 0.6) is 0 Å². The maximum atomic E-state index is 12.7. The number of aromatic nitrogens is 3. The first-order valence-corrected chi connectivity index (χ1v) is 10.7. The van der Waals surface area contributed by atoms with E-state index in [-0.39, 0.29) is 11.8 Å². The molecule has 4 rings (SSSR count). The Hall–Kier alpha value is -2.74. The number of anilines is 1. The third-order valence-corrected chi connectivity index (χ3v) is 6.48. The highest BCUT2D eigenvalue weighted by molar-refractivity contribution is 7.15. The molecule has 152 valence electrons. The van der Waals surface area contributed by atoms with Crippen molar-refractivity contribution in [1.82, 2.24) is 19.7 Å². The molecule has 2 amide bonds. The van der Waals surface area contributed by atoms with E-state index in [4.69, 9.17) is 0 Å². The van der Waals surface area contributed by atoms with Gasteiger partial charge in [-0.25, -0.2) is 4.98 Å². The smallest absolute Gasteiger partial charge is 0.250 e. The zero-order valence-electron chi connectivity index (χ0n) is 16.7. The number of carbonyl (C=O) groups is 2. The minimum Gasteiger partial charge on any atom is -0.335 e. The van der Waals surface area contributed by atoms with E-state index in [9.17, 15) is 9.59 Å². The molecule has 29 heavy (non-hydrogen) atoms. The third kappa shape index (κ3) is 4.17. The van der Waals surface area contributed by atoms with E-state index < -0.39 is 6.04 Å². The van der Waals surface area contributed by atoms with Crippen LogP contribution in [0.15, 0.2) is 31.1 Å². The van der Waals surface area contributed by atoms with Crippen molar-refractivity contribution in [2.24, 2.45) is 0 Å². The summed E-state index contributed by atoms with van der Waals surface area (Å²) in [5.74, 6) is 0.419. The van der Waals surface area contributed by atoms with Gasteiger partial charge in [-0.2, -0.15) is 5.10 Å². The second-order valence-corrected chi connectivity index (χ2v) is 8.66. The lowest BCUT2D eigenvalue weighted by Crippen LogP contribution is -2.34. The normalized spacial score (nSPS) is 17.6. The minimum absolute atomic E-state index is 0.0672. The standard InChI is InChI=1S/C21H25N5O2S/c1-4-19(27)25-9-5-6-16(11-25)17-12-26(24-13(17)2)14(3)20(28)23-21-22-10-18(29-21)15-7-8-15/h4,6,10,12,14-15H,1,5,7-9,11H2,2-3H3,(H,22,23,28). The van der Waals surface area contributed by atoms with Crippen LogP contribution in [-0.4, -0.2) is 44.6 Å². The molecular weight excluding hydrogens is 386 g/mol. The third-order valence-electron chi connectivity index (χ3n) is 5.41. The first-order valence-electron chi connectivity index (χ1n) is 9.89. The highest BCUT2D eigenvalue weighted by Gasteiger charge is 2.27. The van der Waals surface area contributed by atoms with Crippen molar-refractivity contribution in [2.45, 2.75) is 45.1 Å². The number of thiazole rings is 1. The van der Waals surface area contributed by atoms with Gasteiger partial charge in [0, 0.05) is 35.9 Å². The minimum atomic E-state index is -0.467. The van der Waals surface area contributed by atoms with Crippen molar-refractivity contribution in [3.8, 4) is 0 Å². The van der Waals surface area contributed by atoms with Crippen LogP contribution in [0.3, 0.4) is 0 Å². The lowest BCUT2D eigenvalue weighted by molar-refractivity contribution is -0.125. The maximum Gasteiger partial charge on any atom is 0.250 e. The second kappa shape index (κ2) is 7.94. The Morgan fingerprint density at radius 2 is 2.21 bits per heavy atom. The molecule has 3 heterocycles. The first-order chi connectivity index (χ1) is 14.0. The van der Waals surface area contributed by atoms with Gasteiger partial charge in [0.15, 0.2) is 5.13 Å². The topological polar surface area (TPSA) is 80.1 Å². The van der Waals surface area contributed by atoms with Crippen LogP contribution in [-0.2, 0) is 9.59 Å². The fraction of sp³-hybridized carbons (Fsp3) is 0.429. The van der Waals surface area contributed by atoms with Gasteiger partial charge in [0.1, 0.15) is 6.04 Å². The summed E-state index contributed by atoms with van der Waals surface area (Å²) < 4.78 is 1.69. The molecule has 2 aromatic rings. The summed E-state index contributed by atoms with van der Waals surface area (Å²) in [6, 6.07) is -0.467. The number of amides is 2. The van der Waals surface area contributed by atoms with Gasteiger partial charge >= 0.3 is 0 Å². The maximum absolute atomic E-state index is 12.7. The lowest BCUT2D eigenvalue weighted by Gasteiger charge is -2.26. The molecule has 1 N–H and O–H groups in total. The first kappa shape index (κ1) is 19.6. The van der Waals surface area contributed by atoms with Crippen molar-refractivity contribution in [3.05, 3.63) is 47.3 Å². The Morgan fingerprint density at radius 3 is 2.93 bits per heavy atom. The molecule has 0 spiro atoms. The van der Waals surface area contributed by atoms with Gasteiger partial charge in [-0.3, -0.25) is 14.3 Å². The van der Waals surface area contributed by atoms with Crippen molar-refractivity contribution >= 4 is 33.9 Å².